The summed E-state index contributed by atoms with van der Waals surface area (Å²) in [6.07, 6.45) is 5.76. The maximum atomic E-state index is 13.2. The van der Waals surface area contributed by atoms with E-state index in [1.54, 1.807) is 36.8 Å². The van der Waals surface area contributed by atoms with Crippen molar-refractivity contribution in [3.8, 4) is 0 Å². The molecule has 10 nitrogen and oxygen atoms in total. The monoisotopic (exact) mass is 482 g/mol. The molecule has 2 heterocycles. The van der Waals surface area contributed by atoms with Crippen LogP contribution in [0.5, 0.6) is 0 Å². The molecule has 0 saturated carbocycles. The van der Waals surface area contributed by atoms with Crippen molar-refractivity contribution in [3.63, 3.8) is 0 Å². The fraction of sp³-hybridized carbons (Fsp3) is 0.263. The van der Waals surface area contributed by atoms with Gasteiger partial charge in [0.2, 0.25) is 16.0 Å². The molecule has 0 aliphatic rings. The minimum absolute atomic E-state index is 0. The number of rotatable bonds is 10. The van der Waals surface area contributed by atoms with Crippen LogP contribution in [0.1, 0.15) is 18.5 Å². The molecular weight excluding hydrogens is 459 g/mol. The molecule has 1 aromatic carbocycles. The molecule has 0 radical (unpaired) electrons. The van der Waals surface area contributed by atoms with E-state index >= 15 is 0 Å². The Kier molecular flexibility index (Phi) is 9.05. The van der Waals surface area contributed by atoms with Gasteiger partial charge >= 0.3 is 0 Å². The third-order valence-corrected chi connectivity index (χ3v) is 4.78. The molecule has 3 rings (SSSR count). The van der Waals surface area contributed by atoms with Crippen molar-refractivity contribution in [2.24, 2.45) is 0 Å². The van der Waals surface area contributed by atoms with Crippen molar-refractivity contribution in [3.05, 3.63) is 60.3 Å². The first kappa shape index (κ1) is 25.2. The lowest BCUT2D eigenvalue weighted by Gasteiger charge is -2.16. The lowest BCUT2D eigenvalue weighted by molar-refractivity contribution is 0.589. The second-order valence-corrected chi connectivity index (χ2v) is 8.52. The fourth-order valence-corrected chi connectivity index (χ4v) is 3.09. The van der Waals surface area contributed by atoms with Gasteiger partial charge in [-0.05, 0) is 24.6 Å². The van der Waals surface area contributed by atoms with E-state index < -0.39 is 10.0 Å². The maximum Gasteiger partial charge on any atom is 0.227 e. The van der Waals surface area contributed by atoms with E-state index in [9.17, 15) is 12.8 Å². The van der Waals surface area contributed by atoms with Gasteiger partial charge in [0, 0.05) is 31.5 Å². The van der Waals surface area contributed by atoms with Crippen molar-refractivity contribution in [2.75, 3.05) is 35.3 Å². The highest BCUT2D eigenvalue weighted by atomic mass is 35.5. The van der Waals surface area contributed by atoms with Gasteiger partial charge in [-0.15, -0.1) is 12.4 Å². The van der Waals surface area contributed by atoms with Gasteiger partial charge in [-0.3, -0.25) is 4.98 Å². The molecule has 0 bridgehead atoms. The molecular formula is C19H24ClFN8O2S. The smallest absolute Gasteiger partial charge is 0.227 e. The van der Waals surface area contributed by atoms with Crippen LogP contribution in [0.25, 0.3) is 0 Å². The standard InChI is InChI=1S/C19H23FN8O2S.ClH/c1-13(14-3-5-15(20)6-4-14)25-19-27-16(22-9-10-24-31(2,29)30)11-17(28-19)26-18-12-21-7-8-23-18;/h3-8,11-13,24H,9-10H2,1-2H3,(H3,22,23,25,26,27,28);1H. The first-order valence-corrected chi connectivity index (χ1v) is 11.3. The van der Waals surface area contributed by atoms with Crippen LogP contribution in [-0.4, -0.2) is 47.7 Å². The van der Waals surface area contributed by atoms with Gasteiger partial charge in [0.25, 0.3) is 0 Å². The summed E-state index contributed by atoms with van der Waals surface area (Å²) in [4.78, 5) is 17.1. The summed E-state index contributed by atoms with van der Waals surface area (Å²) in [6, 6.07) is 7.63. The van der Waals surface area contributed by atoms with Gasteiger partial charge in [0.1, 0.15) is 23.3 Å². The molecule has 4 N–H and O–H groups in total. The lowest BCUT2D eigenvalue weighted by Crippen LogP contribution is -2.27. The van der Waals surface area contributed by atoms with Crippen molar-refractivity contribution in [2.45, 2.75) is 13.0 Å². The quantitative estimate of drug-likeness (QED) is 0.322. The Morgan fingerprint density at radius 3 is 2.41 bits per heavy atom. The van der Waals surface area contributed by atoms with Gasteiger partial charge in [0.05, 0.1) is 18.5 Å². The normalized spacial score (nSPS) is 11.8. The van der Waals surface area contributed by atoms with Gasteiger partial charge in [-0.2, -0.15) is 9.97 Å². The molecule has 1 atom stereocenters. The second-order valence-electron chi connectivity index (χ2n) is 6.69. The molecule has 3 aromatic rings. The predicted octanol–water partition coefficient (Wildman–Crippen LogP) is 2.71. The largest absolute Gasteiger partial charge is 0.369 e. The third kappa shape index (κ3) is 8.21. The van der Waals surface area contributed by atoms with E-state index in [4.69, 9.17) is 0 Å². The maximum absolute atomic E-state index is 13.2. The number of hydrogen-bond donors (Lipinski definition) is 4. The number of sulfonamides is 1. The zero-order chi connectivity index (χ0) is 22.3. The Labute approximate surface area is 192 Å². The van der Waals surface area contributed by atoms with Crippen LogP contribution < -0.4 is 20.7 Å². The predicted molar refractivity (Wildman–Crippen MR) is 124 cm³/mol. The summed E-state index contributed by atoms with van der Waals surface area (Å²) >= 11 is 0. The Morgan fingerprint density at radius 2 is 1.75 bits per heavy atom. The van der Waals surface area contributed by atoms with Crippen molar-refractivity contribution >= 4 is 45.8 Å². The molecule has 13 heteroatoms. The Balaban J connectivity index is 0.00000363. The number of hydrogen-bond acceptors (Lipinski definition) is 9. The minimum Gasteiger partial charge on any atom is -0.369 e. The molecule has 0 aliphatic heterocycles. The third-order valence-electron chi connectivity index (χ3n) is 4.06. The number of nitrogens with one attached hydrogen (secondary N) is 4. The summed E-state index contributed by atoms with van der Waals surface area (Å²) < 4.78 is 38.0. The molecule has 0 spiro atoms. The minimum atomic E-state index is -3.27. The summed E-state index contributed by atoms with van der Waals surface area (Å²) in [7, 11) is -3.27. The highest BCUT2D eigenvalue weighted by Crippen LogP contribution is 2.21. The van der Waals surface area contributed by atoms with E-state index in [0.29, 0.717) is 29.9 Å². The molecule has 1 unspecified atom stereocenters. The number of benzene rings is 1. The molecule has 0 saturated heterocycles. The summed E-state index contributed by atoms with van der Waals surface area (Å²) in [5, 5.41) is 9.30. The van der Waals surface area contributed by atoms with Crippen molar-refractivity contribution in [1.82, 2.24) is 24.7 Å². The summed E-state index contributed by atoms with van der Waals surface area (Å²) in [5.74, 6) is 1.46. The number of aromatic nitrogens is 4. The highest BCUT2D eigenvalue weighted by molar-refractivity contribution is 7.88. The Hall–Kier alpha value is -3.09. The first-order valence-electron chi connectivity index (χ1n) is 9.41. The molecule has 0 aliphatic carbocycles. The van der Waals surface area contributed by atoms with E-state index in [0.717, 1.165) is 11.8 Å². The Morgan fingerprint density at radius 1 is 1.03 bits per heavy atom. The van der Waals surface area contributed by atoms with Crippen LogP contribution in [-0.2, 0) is 10.0 Å². The van der Waals surface area contributed by atoms with Gasteiger partial charge in [-0.1, -0.05) is 12.1 Å². The van der Waals surface area contributed by atoms with Crippen LogP contribution in [0.3, 0.4) is 0 Å². The number of nitrogens with zero attached hydrogens (tertiary/aromatic N) is 4. The van der Waals surface area contributed by atoms with E-state index in [1.165, 1.54) is 12.1 Å². The first-order chi connectivity index (χ1) is 14.8. The van der Waals surface area contributed by atoms with Crippen molar-refractivity contribution < 1.29 is 12.8 Å². The molecule has 172 valence electrons. The van der Waals surface area contributed by atoms with Crippen LogP contribution in [0.15, 0.2) is 48.9 Å². The molecule has 0 amide bonds. The number of anilines is 4. The zero-order valence-corrected chi connectivity index (χ0v) is 19.0. The fourth-order valence-electron chi connectivity index (χ4n) is 2.62. The van der Waals surface area contributed by atoms with Crippen LogP contribution in [0.4, 0.5) is 27.8 Å². The SMILES string of the molecule is CC(Nc1nc(NCCNS(C)(=O)=O)cc(Nc2cnccn2)n1)c1ccc(F)cc1.Cl. The van der Waals surface area contributed by atoms with Crippen LogP contribution >= 0.6 is 12.4 Å². The molecule has 0 fully saturated rings. The van der Waals surface area contributed by atoms with Gasteiger partial charge < -0.3 is 16.0 Å². The lowest BCUT2D eigenvalue weighted by atomic mass is 10.1. The number of halogens is 2. The average Bonchev–Trinajstić information content (AvgIpc) is 2.72. The summed E-state index contributed by atoms with van der Waals surface area (Å²) in [6.45, 7) is 2.43. The topological polar surface area (TPSA) is 134 Å². The van der Waals surface area contributed by atoms with Gasteiger partial charge in [-0.25, -0.2) is 22.5 Å². The Bertz CT molecular complexity index is 1100. The van der Waals surface area contributed by atoms with Gasteiger partial charge in [0.15, 0.2) is 0 Å². The van der Waals surface area contributed by atoms with E-state index in [-0.39, 0.29) is 30.8 Å². The zero-order valence-electron chi connectivity index (χ0n) is 17.4. The highest BCUT2D eigenvalue weighted by Gasteiger charge is 2.11. The van der Waals surface area contributed by atoms with E-state index in [2.05, 4.69) is 40.6 Å². The molecule has 32 heavy (non-hydrogen) atoms. The summed E-state index contributed by atoms with van der Waals surface area (Å²) in [5.41, 5.74) is 0.865. The average molecular weight is 483 g/mol. The van der Waals surface area contributed by atoms with Crippen LogP contribution in [0, 0.1) is 5.82 Å². The van der Waals surface area contributed by atoms with Crippen molar-refractivity contribution in [1.29, 1.82) is 0 Å². The second kappa shape index (κ2) is 11.5. The van der Waals surface area contributed by atoms with E-state index in [1.807, 2.05) is 6.92 Å². The molecule has 2 aromatic heterocycles. The van der Waals surface area contributed by atoms with Crippen LogP contribution in [0.2, 0.25) is 0 Å².